The topological polar surface area (TPSA) is 62.6 Å². The van der Waals surface area contributed by atoms with Gasteiger partial charge in [0.15, 0.2) is 5.76 Å². The maximum atomic E-state index is 12.1. The minimum atomic E-state index is -0.207. The summed E-state index contributed by atoms with van der Waals surface area (Å²) in [5.74, 6) is 0.782. The molecular formula is C12H16N2O3. The second kappa shape index (κ2) is 5.03. The van der Waals surface area contributed by atoms with Gasteiger partial charge in [-0.25, -0.2) is 0 Å². The maximum absolute atomic E-state index is 12.1. The highest BCUT2D eigenvalue weighted by Gasteiger charge is 2.23. The van der Waals surface area contributed by atoms with Crippen LogP contribution >= 0.6 is 0 Å². The average molecular weight is 236 g/mol. The van der Waals surface area contributed by atoms with E-state index < -0.39 is 0 Å². The summed E-state index contributed by atoms with van der Waals surface area (Å²) in [7, 11) is 0. The summed E-state index contributed by atoms with van der Waals surface area (Å²) in [5, 5.41) is 2.73. The molecule has 1 N–H and O–H groups in total. The van der Waals surface area contributed by atoms with Crippen molar-refractivity contribution in [2.45, 2.75) is 19.8 Å². The Kier molecular flexibility index (Phi) is 3.46. The molecule has 1 saturated heterocycles. The van der Waals surface area contributed by atoms with Crippen LogP contribution in [0, 0.1) is 0 Å². The molecule has 1 fully saturated rings. The van der Waals surface area contributed by atoms with Crippen LogP contribution in [0.15, 0.2) is 16.5 Å². The van der Waals surface area contributed by atoms with Gasteiger partial charge in [0.25, 0.3) is 5.91 Å². The van der Waals surface area contributed by atoms with Gasteiger partial charge in [-0.2, -0.15) is 0 Å². The maximum Gasteiger partial charge on any atom is 0.290 e. The van der Waals surface area contributed by atoms with Gasteiger partial charge >= 0.3 is 0 Å². The first kappa shape index (κ1) is 11.7. The van der Waals surface area contributed by atoms with E-state index in [1.807, 2.05) is 6.92 Å². The molecule has 1 aliphatic rings. The summed E-state index contributed by atoms with van der Waals surface area (Å²) >= 11 is 0. The highest BCUT2D eigenvalue weighted by atomic mass is 16.4. The smallest absolute Gasteiger partial charge is 0.290 e. The number of amides is 2. The molecule has 1 aromatic heterocycles. The molecule has 17 heavy (non-hydrogen) atoms. The minimum Gasteiger partial charge on any atom is -0.456 e. The number of carbonyl (C=O) groups excluding carboxylic acids is 2. The molecule has 92 valence electrons. The number of nitrogens with zero attached hydrogens (tertiary/aromatic N) is 1. The van der Waals surface area contributed by atoms with Crippen LogP contribution in [0.5, 0.6) is 0 Å². The fourth-order valence-corrected chi connectivity index (χ4v) is 1.82. The van der Waals surface area contributed by atoms with E-state index in [2.05, 4.69) is 5.32 Å². The Bertz CT molecular complexity index is 425. The lowest BCUT2D eigenvalue weighted by Gasteiger charge is -2.17. The van der Waals surface area contributed by atoms with Gasteiger partial charge in [-0.3, -0.25) is 9.59 Å². The molecule has 5 nitrogen and oxygen atoms in total. The molecule has 0 bridgehead atoms. The van der Waals surface area contributed by atoms with Crippen LogP contribution in [-0.4, -0.2) is 36.3 Å². The third kappa shape index (κ3) is 2.67. The van der Waals surface area contributed by atoms with Gasteiger partial charge in [-0.05, 0) is 18.6 Å². The van der Waals surface area contributed by atoms with Gasteiger partial charge in [0.05, 0.1) is 6.54 Å². The minimum absolute atomic E-state index is 0.112. The van der Waals surface area contributed by atoms with Crippen LogP contribution < -0.4 is 5.32 Å². The van der Waals surface area contributed by atoms with Crippen molar-refractivity contribution in [3.63, 3.8) is 0 Å². The Morgan fingerprint density at radius 2 is 2.35 bits per heavy atom. The van der Waals surface area contributed by atoms with Crippen molar-refractivity contribution >= 4 is 11.8 Å². The van der Waals surface area contributed by atoms with Gasteiger partial charge in [0.2, 0.25) is 5.91 Å². The van der Waals surface area contributed by atoms with Gasteiger partial charge in [0, 0.05) is 19.5 Å². The molecule has 2 amide bonds. The Morgan fingerprint density at radius 1 is 1.53 bits per heavy atom. The molecule has 0 saturated carbocycles. The van der Waals surface area contributed by atoms with Crippen LogP contribution in [0.4, 0.5) is 0 Å². The molecule has 5 heteroatoms. The first-order valence-electron chi connectivity index (χ1n) is 5.85. The standard InChI is InChI=1S/C12H16N2O3/c1-2-9-4-5-10(17-9)12(16)14-7-3-6-13-11(15)8-14/h4-5H,2-3,6-8H2,1H3,(H,13,15). The third-order valence-corrected chi connectivity index (χ3v) is 2.77. The number of aryl methyl sites for hydroxylation is 1. The zero-order valence-corrected chi connectivity index (χ0v) is 9.86. The SMILES string of the molecule is CCc1ccc(C(=O)N2CCCNC(=O)C2)o1. The van der Waals surface area contributed by atoms with Gasteiger partial charge in [-0.15, -0.1) is 0 Å². The van der Waals surface area contributed by atoms with E-state index in [1.54, 1.807) is 12.1 Å². The van der Waals surface area contributed by atoms with Crippen LogP contribution in [0.3, 0.4) is 0 Å². The normalized spacial score (nSPS) is 16.5. The van der Waals surface area contributed by atoms with Gasteiger partial charge < -0.3 is 14.6 Å². The Morgan fingerprint density at radius 3 is 3.06 bits per heavy atom. The summed E-state index contributed by atoms with van der Waals surface area (Å²) in [6.45, 7) is 3.29. The number of rotatable bonds is 2. The van der Waals surface area contributed by atoms with Crippen molar-refractivity contribution in [2.75, 3.05) is 19.6 Å². The van der Waals surface area contributed by atoms with E-state index in [4.69, 9.17) is 4.42 Å². The van der Waals surface area contributed by atoms with Gasteiger partial charge in [-0.1, -0.05) is 6.92 Å². The molecule has 0 aromatic carbocycles. The van der Waals surface area contributed by atoms with Crippen molar-refractivity contribution in [1.82, 2.24) is 10.2 Å². The van der Waals surface area contributed by atoms with Crippen molar-refractivity contribution in [3.8, 4) is 0 Å². The Labute approximate surface area is 99.8 Å². The summed E-state index contributed by atoms with van der Waals surface area (Å²) in [5.41, 5.74) is 0. The molecule has 1 aromatic rings. The van der Waals surface area contributed by atoms with Crippen LogP contribution in [0.2, 0.25) is 0 Å². The largest absolute Gasteiger partial charge is 0.456 e. The Hall–Kier alpha value is -1.78. The number of hydrogen-bond donors (Lipinski definition) is 1. The monoisotopic (exact) mass is 236 g/mol. The lowest BCUT2D eigenvalue weighted by atomic mass is 10.3. The lowest BCUT2D eigenvalue weighted by Crippen LogP contribution is -2.37. The van der Waals surface area contributed by atoms with E-state index in [-0.39, 0.29) is 18.4 Å². The molecule has 0 aliphatic carbocycles. The van der Waals surface area contributed by atoms with E-state index >= 15 is 0 Å². The predicted octanol–water partition coefficient (Wildman–Crippen LogP) is 0.804. The second-order valence-corrected chi connectivity index (χ2v) is 4.05. The van der Waals surface area contributed by atoms with Crippen molar-refractivity contribution < 1.29 is 14.0 Å². The van der Waals surface area contributed by atoms with Crippen LogP contribution in [0.1, 0.15) is 29.7 Å². The number of furan rings is 1. The van der Waals surface area contributed by atoms with Crippen LogP contribution in [0.25, 0.3) is 0 Å². The first-order valence-corrected chi connectivity index (χ1v) is 5.85. The summed E-state index contributed by atoms with van der Waals surface area (Å²) < 4.78 is 5.40. The molecule has 1 aliphatic heterocycles. The fraction of sp³-hybridized carbons (Fsp3) is 0.500. The number of nitrogens with one attached hydrogen (secondary N) is 1. The molecule has 0 spiro atoms. The molecule has 0 atom stereocenters. The second-order valence-electron chi connectivity index (χ2n) is 4.05. The summed E-state index contributed by atoms with van der Waals surface area (Å²) in [6, 6.07) is 3.47. The molecule has 2 rings (SSSR count). The van der Waals surface area contributed by atoms with Crippen molar-refractivity contribution in [2.24, 2.45) is 0 Å². The fourth-order valence-electron chi connectivity index (χ4n) is 1.82. The quantitative estimate of drug-likeness (QED) is 0.826. The van der Waals surface area contributed by atoms with Crippen LogP contribution in [-0.2, 0) is 11.2 Å². The third-order valence-electron chi connectivity index (χ3n) is 2.77. The van der Waals surface area contributed by atoms with Crippen molar-refractivity contribution in [3.05, 3.63) is 23.7 Å². The first-order chi connectivity index (χ1) is 8.20. The summed E-state index contributed by atoms with van der Waals surface area (Å²) in [4.78, 5) is 25.0. The molecule has 0 unspecified atom stereocenters. The number of hydrogen-bond acceptors (Lipinski definition) is 3. The molecular weight excluding hydrogens is 220 g/mol. The van der Waals surface area contributed by atoms with E-state index in [1.165, 1.54) is 4.90 Å². The van der Waals surface area contributed by atoms with Crippen molar-refractivity contribution in [1.29, 1.82) is 0 Å². The number of carbonyl (C=O) groups is 2. The summed E-state index contributed by atoms with van der Waals surface area (Å²) in [6.07, 6.45) is 1.53. The van der Waals surface area contributed by atoms with E-state index in [9.17, 15) is 9.59 Å². The average Bonchev–Trinajstić information content (AvgIpc) is 2.71. The predicted molar refractivity (Wildman–Crippen MR) is 61.6 cm³/mol. The molecule has 0 radical (unpaired) electrons. The lowest BCUT2D eigenvalue weighted by molar-refractivity contribution is -0.121. The highest BCUT2D eigenvalue weighted by Crippen LogP contribution is 2.12. The van der Waals surface area contributed by atoms with E-state index in [0.29, 0.717) is 18.8 Å². The zero-order valence-electron chi connectivity index (χ0n) is 9.86. The Balaban J connectivity index is 2.10. The van der Waals surface area contributed by atoms with E-state index in [0.717, 1.165) is 18.6 Å². The molecule has 2 heterocycles. The zero-order chi connectivity index (χ0) is 12.3. The highest BCUT2D eigenvalue weighted by molar-refractivity contribution is 5.94. The van der Waals surface area contributed by atoms with Gasteiger partial charge in [0.1, 0.15) is 5.76 Å².